The van der Waals surface area contributed by atoms with E-state index in [9.17, 15) is 4.79 Å². The van der Waals surface area contributed by atoms with Crippen molar-refractivity contribution >= 4 is 5.78 Å². The molecule has 2 aliphatic rings. The van der Waals surface area contributed by atoms with E-state index in [0.717, 1.165) is 18.8 Å². The lowest BCUT2D eigenvalue weighted by molar-refractivity contribution is -0.124. The number of fused-ring (bicyclic) bond motifs is 1. The lowest BCUT2D eigenvalue weighted by atomic mass is 9.57. The third-order valence-electron chi connectivity index (χ3n) is 4.73. The van der Waals surface area contributed by atoms with E-state index in [1.807, 2.05) is 0 Å². The van der Waals surface area contributed by atoms with Gasteiger partial charge in [-0.25, -0.2) is 0 Å². The molecule has 0 bridgehead atoms. The van der Waals surface area contributed by atoms with Gasteiger partial charge in [-0.3, -0.25) is 4.79 Å². The molecule has 2 aliphatic carbocycles. The molecule has 0 aromatic carbocycles. The molecule has 1 heteroatoms. The first-order valence-electron chi connectivity index (χ1n) is 6.20. The molecule has 1 fully saturated rings. The van der Waals surface area contributed by atoms with E-state index < -0.39 is 0 Å². The van der Waals surface area contributed by atoms with Gasteiger partial charge in [0.15, 0.2) is 0 Å². The fourth-order valence-electron chi connectivity index (χ4n) is 3.56. The summed E-state index contributed by atoms with van der Waals surface area (Å²) in [7, 11) is 0. The Morgan fingerprint density at radius 3 is 2.87 bits per heavy atom. The van der Waals surface area contributed by atoms with Crippen LogP contribution in [0.15, 0.2) is 12.2 Å². The number of Topliss-reactive ketones (excluding diaryl/α,β-unsaturated/α-hetero) is 1. The summed E-state index contributed by atoms with van der Waals surface area (Å²) < 4.78 is 0. The second-order valence-corrected chi connectivity index (χ2v) is 5.83. The Hall–Kier alpha value is -0.590. The van der Waals surface area contributed by atoms with Gasteiger partial charge < -0.3 is 0 Å². The van der Waals surface area contributed by atoms with Crippen LogP contribution >= 0.6 is 0 Å². The molecule has 0 unspecified atom stereocenters. The first kappa shape index (κ1) is 10.9. The van der Waals surface area contributed by atoms with Crippen molar-refractivity contribution < 1.29 is 4.79 Å². The quantitative estimate of drug-likeness (QED) is 0.599. The highest BCUT2D eigenvalue weighted by Gasteiger charge is 2.43. The van der Waals surface area contributed by atoms with Gasteiger partial charge in [0.1, 0.15) is 5.78 Å². The van der Waals surface area contributed by atoms with Crippen molar-refractivity contribution in [3.63, 3.8) is 0 Å². The zero-order valence-electron chi connectivity index (χ0n) is 10.1. The first-order chi connectivity index (χ1) is 7.03. The molecule has 0 radical (unpaired) electrons. The van der Waals surface area contributed by atoms with Gasteiger partial charge in [-0.05, 0) is 49.9 Å². The van der Waals surface area contributed by atoms with Crippen molar-refractivity contribution in [2.24, 2.45) is 23.2 Å². The first-order valence-corrected chi connectivity index (χ1v) is 6.20. The third kappa shape index (κ3) is 1.89. The molecule has 15 heavy (non-hydrogen) atoms. The number of carbonyl (C=O) groups excluding carboxylic acids is 1. The molecule has 4 atom stereocenters. The molecule has 0 heterocycles. The van der Waals surface area contributed by atoms with Crippen molar-refractivity contribution in [3.05, 3.63) is 12.2 Å². The predicted molar refractivity (Wildman–Crippen MR) is 62.5 cm³/mol. The van der Waals surface area contributed by atoms with Crippen molar-refractivity contribution in [1.82, 2.24) is 0 Å². The number of allylic oxidation sites excluding steroid dienone is 2. The van der Waals surface area contributed by atoms with Gasteiger partial charge in [0.05, 0.1) is 0 Å². The zero-order chi connectivity index (χ0) is 11.1. The summed E-state index contributed by atoms with van der Waals surface area (Å²) in [6, 6.07) is 0. The van der Waals surface area contributed by atoms with Crippen LogP contribution in [0.3, 0.4) is 0 Å². The zero-order valence-corrected chi connectivity index (χ0v) is 10.1. The SMILES string of the molecule is CC(=O)[C@@H]1CC[C@@]2(C)CC=C[C@@H](C)[C@@H]2C1. The van der Waals surface area contributed by atoms with Gasteiger partial charge in [-0.2, -0.15) is 0 Å². The van der Waals surface area contributed by atoms with E-state index in [1.165, 1.54) is 12.8 Å². The monoisotopic (exact) mass is 206 g/mol. The Balaban J connectivity index is 2.17. The van der Waals surface area contributed by atoms with Crippen LogP contribution in [0.2, 0.25) is 0 Å². The Morgan fingerprint density at radius 1 is 1.47 bits per heavy atom. The van der Waals surface area contributed by atoms with Crippen LogP contribution in [0.5, 0.6) is 0 Å². The molecule has 0 aromatic rings. The van der Waals surface area contributed by atoms with Gasteiger partial charge in [0.25, 0.3) is 0 Å². The smallest absolute Gasteiger partial charge is 0.132 e. The van der Waals surface area contributed by atoms with Gasteiger partial charge >= 0.3 is 0 Å². The Labute approximate surface area is 92.9 Å². The van der Waals surface area contributed by atoms with Gasteiger partial charge in [0, 0.05) is 5.92 Å². The standard InChI is InChI=1S/C14H22O/c1-10-5-4-7-14(3)8-6-12(11(2)15)9-13(10)14/h4-5,10,12-13H,6-9H2,1-3H3/t10-,12-,13+,14-/m1/s1. The minimum atomic E-state index is 0.344. The normalized spacial score (nSPS) is 44.9. The van der Waals surface area contributed by atoms with Crippen molar-refractivity contribution in [3.8, 4) is 0 Å². The number of ketones is 1. The second kappa shape index (κ2) is 3.77. The summed E-state index contributed by atoms with van der Waals surface area (Å²) in [4.78, 5) is 11.5. The van der Waals surface area contributed by atoms with E-state index in [2.05, 4.69) is 26.0 Å². The fourth-order valence-corrected chi connectivity index (χ4v) is 3.56. The highest BCUT2D eigenvalue weighted by Crippen LogP contribution is 2.51. The number of hydrogen-bond donors (Lipinski definition) is 0. The molecule has 0 aliphatic heterocycles. The molecule has 0 spiro atoms. The molecular formula is C14H22O. The molecule has 0 saturated heterocycles. The molecule has 0 aromatic heterocycles. The molecule has 84 valence electrons. The molecule has 0 amide bonds. The van der Waals surface area contributed by atoms with E-state index >= 15 is 0 Å². The van der Waals surface area contributed by atoms with Crippen LogP contribution in [0.4, 0.5) is 0 Å². The lowest BCUT2D eigenvalue weighted by Crippen LogP contribution is -2.40. The van der Waals surface area contributed by atoms with Gasteiger partial charge in [-0.15, -0.1) is 0 Å². The summed E-state index contributed by atoms with van der Waals surface area (Å²) in [5, 5.41) is 0. The molecule has 0 N–H and O–H groups in total. The third-order valence-corrected chi connectivity index (χ3v) is 4.73. The van der Waals surface area contributed by atoms with E-state index in [1.54, 1.807) is 6.92 Å². The maximum absolute atomic E-state index is 11.5. The van der Waals surface area contributed by atoms with Gasteiger partial charge in [-0.1, -0.05) is 26.0 Å². The van der Waals surface area contributed by atoms with Crippen LogP contribution in [-0.4, -0.2) is 5.78 Å². The Kier molecular flexibility index (Phi) is 2.74. The molecule has 2 rings (SSSR count). The highest BCUT2D eigenvalue weighted by atomic mass is 16.1. The van der Waals surface area contributed by atoms with E-state index in [4.69, 9.17) is 0 Å². The number of carbonyl (C=O) groups is 1. The molecule has 1 nitrogen and oxygen atoms in total. The average Bonchev–Trinajstić information content (AvgIpc) is 2.17. The summed E-state index contributed by atoms with van der Waals surface area (Å²) in [6.07, 6.45) is 9.37. The lowest BCUT2D eigenvalue weighted by Gasteiger charge is -2.48. The number of rotatable bonds is 1. The summed E-state index contributed by atoms with van der Waals surface area (Å²) in [5.74, 6) is 2.13. The van der Waals surface area contributed by atoms with E-state index in [0.29, 0.717) is 23.0 Å². The number of hydrogen-bond acceptors (Lipinski definition) is 1. The molecule has 1 saturated carbocycles. The van der Waals surface area contributed by atoms with Crippen LogP contribution in [0.25, 0.3) is 0 Å². The topological polar surface area (TPSA) is 17.1 Å². The molecular weight excluding hydrogens is 184 g/mol. The minimum Gasteiger partial charge on any atom is -0.300 e. The summed E-state index contributed by atoms with van der Waals surface area (Å²) in [5.41, 5.74) is 0.472. The van der Waals surface area contributed by atoms with E-state index in [-0.39, 0.29) is 0 Å². The van der Waals surface area contributed by atoms with Crippen molar-refractivity contribution in [1.29, 1.82) is 0 Å². The fraction of sp³-hybridized carbons (Fsp3) is 0.786. The average molecular weight is 206 g/mol. The van der Waals surface area contributed by atoms with Crippen LogP contribution in [-0.2, 0) is 4.79 Å². The minimum absolute atomic E-state index is 0.344. The predicted octanol–water partition coefficient (Wildman–Crippen LogP) is 3.59. The van der Waals surface area contributed by atoms with Crippen LogP contribution < -0.4 is 0 Å². The largest absolute Gasteiger partial charge is 0.300 e. The summed E-state index contributed by atoms with van der Waals surface area (Å²) in [6.45, 7) is 6.48. The Morgan fingerprint density at radius 2 is 2.20 bits per heavy atom. The van der Waals surface area contributed by atoms with Crippen molar-refractivity contribution in [2.45, 2.75) is 46.5 Å². The van der Waals surface area contributed by atoms with Crippen LogP contribution in [0, 0.1) is 23.2 Å². The van der Waals surface area contributed by atoms with Gasteiger partial charge in [0.2, 0.25) is 0 Å². The highest BCUT2D eigenvalue weighted by molar-refractivity contribution is 5.78. The maximum atomic E-state index is 11.5. The second-order valence-electron chi connectivity index (χ2n) is 5.83. The summed E-state index contributed by atoms with van der Waals surface area (Å²) >= 11 is 0. The Bertz CT molecular complexity index is 292. The maximum Gasteiger partial charge on any atom is 0.132 e. The van der Waals surface area contributed by atoms with Crippen molar-refractivity contribution in [2.75, 3.05) is 0 Å². The van der Waals surface area contributed by atoms with Crippen LogP contribution in [0.1, 0.15) is 46.5 Å².